The number of ether oxygens (including phenoxy) is 2. The maximum atomic E-state index is 8.61. The van der Waals surface area contributed by atoms with Crippen LogP contribution in [0.25, 0.3) is 0 Å². The summed E-state index contributed by atoms with van der Waals surface area (Å²) in [4.78, 5) is 2.45. The molecule has 90 valence electrons. The maximum Gasteiger partial charge on any atom is 0.167 e. The molecule has 2 aliphatic rings. The molecule has 2 aliphatic heterocycles. The first-order valence-electron chi connectivity index (χ1n) is 6.13. The first kappa shape index (κ1) is 11.8. The second kappa shape index (κ2) is 5.13. The van der Waals surface area contributed by atoms with E-state index in [1.807, 2.05) is 6.92 Å². The largest absolute Gasteiger partial charge is 0.347 e. The summed E-state index contributed by atoms with van der Waals surface area (Å²) in [6, 6.07) is 2.13. The van der Waals surface area contributed by atoms with E-state index in [1.165, 1.54) is 25.9 Å². The Morgan fingerprint density at radius 3 is 2.88 bits per heavy atom. The van der Waals surface area contributed by atoms with Crippen molar-refractivity contribution in [3.63, 3.8) is 0 Å². The lowest BCUT2D eigenvalue weighted by Gasteiger charge is -2.25. The molecule has 0 radical (unpaired) electrons. The predicted octanol–water partition coefficient (Wildman–Crippen LogP) is 1.52. The van der Waals surface area contributed by atoms with Crippen molar-refractivity contribution in [2.24, 2.45) is 0 Å². The van der Waals surface area contributed by atoms with Crippen LogP contribution in [0.3, 0.4) is 0 Å². The Bertz CT molecular complexity index is 271. The highest BCUT2D eigenvalue weighted by Crippen LogP contribution is 2.28. The monoisotopic (exact) mass is 224 g/mol. The molecule has 0 saturated carbocycles. The Balaban J connectivity index is 1.74. The zero-order valence-corrected chi connectivity index (χ0v) is 9.95. The second-order valence-corrected chi connectivity index (χ2v) is 4.85. The van der Waals surface area contributed by atoms with Gasteiger partial charge in [0.2, 0.25) is 0 Å². The van der Waals surface area contributed by atoms with Gasteiger partial charge in [-0.1, -0.05) is 0 Å². The lowest BCUT2D eigenvalue weighted by Crippen LogP contribution is -2.33. The SMILES string of the molecule is CC1(CCN2CCCC2)OCC(CC#N)O1. The van der Waals surface area contributed by atoms with Crippen molar-refractivity contribution in [3.05, 3.63) is 0 Å². The molecule has 2 atom stereocenters. The van der Waals surface area contributed by atoms with Gasteiger partial charge in [0.15, 0.2) is 5.79 Å². The number of hydrogen-bond donors (Lipinski definition) is 0. The van der Waals surface area contributed by atoms with Crippen LogP contribution in [0.1, 0.15) is 32.6 Å². The summed E-state index contributed by atoms with van der Waals surface area (Å²) < 4.78 is 11.4. The van der Waals surface area contributed by atoms with Gasteiger partial charge in [-0.2, -0.15) is 5.26 Å². The Kier molecular flexibility index (Phi) is 3.80. The molecule has 0 amide bonds. The minimum absolute atomic E-state index is 0.0337. The molecule has 0 aromatic rings. The van der Waals surface area contributed by atoms with Crippen LogP contribution in [-0.2, 0) is 9.47 Å². The predicted molar refractivity (Wildman–Crippen MR) is 59.8 cm³/mol. The van der Waals surface area contributed by atoms with Crippen LogP contribution in [-0.4, -0.2) is 43.0 Å². The molecule has 0 bridgehead atoms. The number of hydrogen-bond acceptors (Lipinski definition) is 4. The molecule has 0 N–H and O–H groups in total. The zero-order valence-electron chi connectivity index (χ0n) is 9.95. The minimum Gasteiger partial charge on any atom is -0.347 e. The molecule has 2 unspecified atom stereocenters. The third kappa shape index (κ3) is 2.94. The minimum atomic E-state index is -0.468. The summed E-state index contributed by atoms with van der Waals surface area (Å²) in [5, 5.41) is 8.61. The fourth-order valence-electron chi connectivity index (χ4n) is 2.39. The standard InChI is InChI=1S/C12H20N2O2/c1-12(5-9-14-7-2-3-8-14)15-10-11(16-12)4-6-13/h11H,2-5,7-10H2,1H3. The van der Waals surface area contributed by atoms with Gasteiger partial charge in [-0.05, 0) is 32.9 Å². The fourth-order valence-corrected chi connectivity index (χ4v) is 2.39. The van der Waals surface area contributed by atoms with Gasteiger partial charge >= 0.3 is 0 Å². The molecule has 0 spiro atoms. The van der Waals surface area contributed by atoms with Crippen LogP contribution in [0.15, 0.2) is 0 Å². The lowest BCUT2D eigenvalue weighted by atomic mass is 10.2. The maximum absolute atomic E-state index is 8.61. The Morgan fingerprint density at radius 2 is 2.19 bits per heavy atom. The molecule has 16 heavy (non-hydrogen) atoms. The van der Waals surface area contributed by atoms with Crippen molar-refractivity contribution >= 4 is 0 Å². The molecular weight excluding hydrogens is 204 g/mol. The number of nitriles is 1. The van der Waals surface area contributed by atoms with Gasteiger partial charge in [-0.25, -0.2) is 0 Å². The lowest BCUT2D eigenvalue weighted by molar-refractivity contribution is -0.159. The third-order valence-corrected chi connectivity index (χ3v) is 3.39. The highest BCUT2D eigenvalue weighted by atomic mass is 16.7. The van der Waals surface area contributed by atoms with Crippen molar-refractivity contribution in [1.29, 1.82) is 5.26 Å². The molecule has 4 nitrogen and oxygen atoms in total. The van der Waals surface area contributed by atoms with Crippen LogP contribution in [0.2, 0.25) is 0 Å². The molecule has 2 fully saturated rings. The van der Waals surface area contributed by atoms with Gasteiger partial charge in [0.1, 0.15) is 0 Å². The highest BCUT2D eigenvalue weighted by Gasteiger charge is 2.37. The van der Waals surface area contributed by atoms with E-state index in [2.05, 4.69) is 11.0 Å². The van der Waals surface area contributed by atoms with Gasteiger partial charge in [0.05, 0.1) is 25.2 Å². The summed E-state index contributed by atoms with van der Waals surface area (Å²) in [5.74, 6) is -0.468. The van der Waals surface area contributed by atoms with Gasteiger partial charge in [-0.3, -0.25) is 0 Å². The normalized spacial score (nSPS) is 35.4. The summed E-state index contributed by atoms with van der Waals surface area (Å²) in [5.41, 5.74) is 0. The quantitative estimate of drug-likeness (QED) is 0.726. The van der Waals surface area contributed by atoms with Crippen LogP contribution in [0.4, 0.5) is 0 Å². The topological polar surface area (TPSA) is 45.5 Å². The Morgan fingerprint density at radius 1 is 1.44 bits per heavy atom. The second-order valence-electron chi connectivity index (χ2n) is 4.85. The number of likely N-dealkylation sites (tertiary alicyclic amines) is 1. The van der Waals surface area contributed by atoms with Crippen molar-refractivity contribution in [3.8, 4) is 6.07 Å². The molecular formula is C12H20N2O2. The summed E-state index contributed by atoms with van der Waals surface area (Å²) >= 11 is 0. The van der Waals surface area contributed by atoms with E-state index in [9.17, 15) is 0 Å². The van der Waals surface area contributed by atoms with Crippen molar-refractivity contribution < 1.29 is 9.47 Å². The fraction of sp³-hybridized carbons (Fsp3) is 0.917. The average molecular weight is 224 g/mol. The van der Waals surface area contributed by atoms with E-state index in [4.69, 9.17) is 14.7 Å². The molecule has 2 rings (SSSR count). The Labute approximate surface area is 97.1 Å². The van der Waals surface area contributed by atoms with Gasteiger partial charge < -0.3 is 14.4 Å². The van der Waals surface area contributed by atoms with Crippen LogP contribution >= 0.6 is 0 Å². The van der Waals surface area contributed by atoms with E-state index in [0.717, 1.165) is 13.0 Å². The number of nitrogens with zero attached hydrogens (tertiary/aromatic N) is 2. The van der Waals surface area contributed by atoms with Crippen molar-refractivity contribution in [2.75, 3.05) is 26.2 Å². The highest BCUT2D eigenvalue weighted by molar-refractivity contribution is 4.83. The van der Waals surface area contributed by atoms with Gasteiger partial charge in [-0.15, -0.1) is 0 Å². The third-order valence-electron chi connectivity index (χ3n) is 3.39. The van der Waals surface area contributed by atoms with Gasteiger partial charge in [0, 0.05) is 13.0 Å². The summed E-state index contributed by atoms with van der Waals surface area (Å²) in [6.07, 6.45) is 3.92. The first-order chi connectivity index (χ1) is 7.72. The zero-order chi connectivity index (χ0) is 11.4. The smallest absolute Gasteiger partial charge is 0.167 e. The van der Waals surface area contributed by atoms with E-state index in [0.29, 0.717) is 13.0 Å². The molecule has 2 saturated heterocycles. The van der Waals surface area contributed by atoms with Crippen LogP contribution in [0.5, 0.6) is 0 Å². The summed E-state index contributed by atoms with van der Waals surface area (Å²) in [7, 11) is 0. The van der Waals surface area contributed by atoms with E-state index in [1.54, 1.807) is 0 Å². The van der Waals surface area contributed by atoms with Gasteiger partial charge in [0.25, 0.3) is 0 Å². The summed E-state index contributed by atoms with van der Waals surface area (Å²) in [6.45, 7) is 6.00. The molecule has 0 aromatic heterocycles. The molecule has 2 heterocycles. The van der Waals surface area contributed by atoms with Crippen molar-refractivity contribution in [2.45, 2.75) is 44.5 Å². The van der Waals surface area contributed by atoms with E-state index < -0.39 is 5.79 Å². The Hall–Kier alpha value is -0.630. The van der Waals surface area contributed by atoms with Crippen LogP contribution in [0, 0.1) is 11.3 Å². The van der Waals surface area contributed by atoms with Crippen molar-refractivity contribution in [1.82, 2.24) is 4.90 Å². The molecule has 4 heteroatoms. The van der Waals surface area contributed by atoms with E-state index >= 15 is 0 Å². The average Bonchev–Trinajstić information content (AvgIpc) is 2.87. The first-order valence-corrected chi connectivity index (χ1v) is 6.13. The number of rotatable bonds is 4. The van der Waals surface area contributed by atoms with E-state index in [-0.39, 0.29) is 6.10 Å². The molecule has 0 aliphatic carbocycles. The molecule has 0 aromatic carbocycles. The van der Waals surface area contributed by atoms with Crippen LogP contribution < -0.4 is 0 Å².